The summed E-state index contributed by atoms with van der Waals surface area (Å²) >= 11 is 0. The standard InChI is InChI=1S/C18H27N3O3/c1-4-7-10-13-22-16-19-17(23-14-11-8-5-2)21-18(20-16)24-15-12-9-6-3/h4-6H,1-3,7-15H2. The average molecular weight is 333 g/mol. The molecule has 0 saturated heterocycles. The molecule has 1 aromatic rings. The Kier molecular flexibility index (Phi) is 10.7. The highest BCUT2D eigenvalue weighted by molar-refractivity contribution is 5.09. The van der Waals surface area contributed by atoms with Crippen LogP contribution in [-0.2, 0) is 0 Å². The van der Waals surface area contributed by atoms with Crippen LogP contribution in [0.5, 0.6) is 18.0 Å². The molecule has 0 bridgehead atoms. The smallest absolute Gasteiger partial charge is 0.325 e. The van der Waals surface area contributed by atoms with Crippen molar-refractivity contribution in [2.24, 2.45) is 0 Å². The molecule has 6 heteroatoms. The molecule has 0 atom stereocenters. The van der Waals surface area contributed by atoms with Crippen LogP contribution < -0.4 is 14.2 Å². The largest absolute Gasteiger partial charge is 0.463 e. The van der Waals surface area contributed by atoms with Crippen molar-refractivity contribution in [1.82, 2.24) is 15.0 Å². The van der Waals surface area contributed by atoms with E-state index < -0.39 is 0 Å². The van der Waals surface area contributed by atoms with Crippen LogP contribution in [0.3, 0.4) is 0 Å². The second-order valence-corrected chi connectivity index (χ2v) is 5.02. The van der Waals surface area contributed by atoms with Gasteiger partial charge in [0.2, 0.25) is 0 Å². The molecule has 0 saturated carbocycles. The second-order valence-electron chi connectivity index (χ2n) is 5.02. The molecule has 1 rings (SSSR count). The van der Waals surface area contributed by atoms with Crippen molar-refractivity contribution < 1.29 is 14.2 Å². The van der Waals surface area contributed by atoms with E-state index in [1.54, 1.807) is 0 Å². The first-order valence-corrected chi connectivity index (χ1v) is 8.27. The van der Waals surface area contributed by atoms with Gasteiger partial charge in [-0.1, -0.05) is 18.2 Å². The van der Waals surface area contributed by atoms with Gasteiger partial charge in [-0.05, 0) is 38.5 Å². The van der Waals surface area contributed by atoms with Crippen molar-refractivity contribution in [2.45, 2.75) is 38.5 Å². The van der Waals surface area contributed by atoms with Gasteiger partial charge in [0.15, 0.2) is 0 Å². The van der Waals surface area contributed by atoms with Gasteiger partial charge < -0.3 is 14.2 Å². The number of allylic oxidation sites excluding steroid dienone is 3. The Bertz CT molecular complexity index is 423. The van der Waals surface area contributed by atoms with Crippen LogP contribution in [0.25, 0.3) is 0 Å². The molecule has 0 fully saturated rings. The van der Waals surface area contributed by atoms with E-state index in [2.05, 4.69) is 34.7 Å². The number of nitrogens with zero attached hydrogens (tertiary/aromatic N) is 3. The Morgan fingerprint density at radius 1 is 0.583 bits per heavy atom. The Hall–Kier alpha value is -2.37. The molecule has 0 amide bonds. The molecule has 0 aliphatic carbocycles. The first kappa shape index (κ1) is 19.7. The Morgan fingerprint density at radius 2 is 0.875 bits per heavy atom. The van der Waals surface area contributed by atoms with Gasteiger partial charge in [-0.3, -0.25) is 0 Å². The van der Waals surface area contributed by atoms with Gasteiger partial charge in [0.05, 0.1) is 19.8 Å². The molecule has 0 N–H and O–H groups in total. The van der Waals surface area contributed by atoms with Crippen LogP contribution in [0.1, 0.15) is 38.5 Å². The highest BCUT2D eigenvalue weighted by Crippen LogP contribution is 2.16. The van der Waals surface area contributed by atoms with Crippen molar-refractivity contribution in [2.75, 3.05) is 19.8 Å². The number of aromatic nitrogens is 3. The summed E-state index contributed by atoms with van der Waals surface area (Å²) in [6, 6.07) is 0.643. The lowest BCUT2D eigenvalue weighted by Gasteiger charge is -2.09. The van der Waals surface area contributed by atoms with Crippen LogP contribution in [-0.4, -0.2) is 34.8 Å². The summed E-state index contributed by atoms with van der Waals surface area (Å²) in [6.45, 7) is 12.5. The number of hydrogen-bond donors (Lipinski definition) is 0. The van der Waals surface area contributed by atoms with Crippen molar-refractivity contribution >= 4 is 0 Å². The first-order chi connectivity index (χ1) is 11.8. The molecule has 1 heterocycles. The molecular formula is C18H27N3O3. The van der Waals surface area contributed by atoms with Crippen LogP contribution in [0.15, 0.2) is 38.0 Å². The van der Waals surface area contributed by atoms with Gasteiger partial charge in [0, 0.05) is 0 Å². The zero-order valence-corrected chi connectivity index (χ0v) is 14.3. The third-order valence-corrected chi connectivity index (χ3v) is 2.93. The van der Waals surface area contributed by atoms with Crippen LogP contribution in [0.2, 0.25) is 0 Å². The topological polar surface area (TPSA) is 66.4 Å². The van der Waals surface area contributed by atoms with Gasteiger partial charge in [0.25, 0.3) is 0 Å². The predicted octanol–water partition coefficient (Wildman–Crippen LogP) is 3.91. The van der Waals surface area contributed by atoms with E-state index in [1.807, 2.05) is 18.2 Å². The lowest BCUT2D eigenvalue weighted by Crippen LogP contribution is -2.09. The minimum atomic E-state index is 0.214. The number of ether oxygens (including phenoxy) is 3. The van der Waals surface area contributed by atoms with E-state index in [9.17, 15) is 0 Å². The molecule has 132 valence electrons. The van der Waals surface area contributed by atoms with E-state index in [0.717, 1.165) is 38.5 Å². The average Bonchev–Trinajstić information content (AvgIpc) is 2.59. The summed E-state index contributed by atoms with van der Waals surface area (Å²) in [6.07, 6.45) is 10.7. The maximum absolute atomic E-state index is 5.54. The van der Waals surface area contributed by atoms with E-state index >= 15 is 0 Å². The number of hydrogen-bond acceptors (Lipinski definition) is 6. The zero-order chi connectivity index (χ0) is 17.5. The van der Waals surface area contributed by atoms with Crippen molar-refractivity contribution in [3.8, 4) is 18.0 Å². The fourth-order valence-corrected chi connectivity index (χ4v) is 1.69. The van der Waals surface area contributed by atoms with Crippen molar-refractivity contribution in [3.63, 3.8) is 0 Å². The summed E-state index contributed by atoms with van der Waals surface area (Å²) in [7, 11) is 0. The fourth-order valence-electron chi connectivity index (χ4n) is 1.69. The highest BCUT2D eigenvalue weighted by Gasteiger charge is 2.10. The molecule has 0 aromatic carbocycles. The summed E-state index contributed by atoms with van der Waals surface area (Å²) < 4.78 is 16.6. The molecule has 0 radical (unpaired) electrons. The van der Waals surface area contributed by atoms with Crippen LogP contribution in [0, 0.1) is 0 Å². The maximum atomic E-state index is 5.54. The highest BCUT2D eigenvalue weighted by atomic mass is 16.5. The minimum absolute atomic E-state index is 0.214. The minimum Gasteiger partial charge on any atom is -0.463 e. The molecule has 0 aliphatic rings. The van der Waals surface area contributed by atoms with Crippen LogP contribution >= 0.6 is 0 Å². The molecular weight excluding hydrogens is 306 g/mol. The monoisotopic (exact) mass is 333 g/mol. The van der Waals surface area contributed by atoms with Crippen molar-refractivity contribution in [1.29, 1.82) is 0 Å². The van der Waals surface area contributed by atoms with Gasteiger partial charge in [-0.15, -0.1) is 34.7 Å². The quantitative estimate of drug-likeness (QED) is 0.358. The number of rotatable bonds is 15. The Morgan fingerprint density at radius 3 is 1.12 bits per heavy atom. The van der Waals surface area contributed by atoms with Crippen LogP contribution in [0.4, 0.5) is 0 Å². The van der Waals surface area contributed by atoms with E-state index in [-0.39, 0.29) is 18.0 Å². The second kappa shape index (κ2) is 13.1. The van der Waals surface area contributed by atoms with E-state index in [1.165, 1.54) is 0 Å². The summed E-state index contributed by atoms with van der Waals surface area (Å²) in [4.78, 5) is 12.5. The SMILES string of the molecule is C=CCCCOc1nc(OCCCC=C)nc(OCCCC=C)n1. The first-order valence-electron chi connectivity index (χ1n) is 8.27. The Balaban J connectivity index is 2.62. The third-order valence-electron chi connectivity index (χ3n) is 2.93. The predicted molar refractivity (Wildman–Crippen MR) is 94.6 cm³/mol. The van der Waals surface area contributed by atoms with E-state index in [4.69, 9.17) is 14.2 Å². The molecule has 0 unspecified atom stereocenters. The maximum Gasteiger partial charge on any atom is 0.325 e. The molecule has 1 aromatic heterocycles. The molecule has 24 heavy (non-hydrogen) atoms. The lowest BCUT2D eigenvalue weighted by atomic mass is 10.3. The van der Waals surface area contributed by atoms with Gasteiger partial charge >= 0.3 is 18.0 Å². The molecule has 0 aliphatic heterocycles. The normalized spacial score (nSPS) is 10.0. The summed E-state index contributed by atoms with van der Waals surface area (Å²) in [5.74, 6) is 0. The Labute approximate surface area is 144 Å². The van der Waals surface area contributed by atoms with E-state index in [0.29, 0.717) is 19.8 Å². The fraction of sp³-hybridized carbons (Fsp3) is 0.500. The van der Waals surface area contributed by atoms with Gasteiger partial charge in [0.1, 0.15) is 0 Å². The third kappa shape index (κ3) is 8.92. The summed E-state index contributed by atoms with van der Waals surface area (Å²) in [5, 5.41) is 0. The molecule has 0 spiro atoms. The van der Waals surface area contributed by atoms with Gasteiger partial charge in [-0.2, -0.15) is 0 Å². The summed E-state index contributed by atoms with van der Waals surface area (Å²) in [5.41, 5.74) is 0. The van der Waals surface area contributed by atoms with Crippen molar-refractivity contribution in [3.05, 3.63) is 38.0 Å². The number of unbranched alkanes of at least 4 members (excludes halogenated alkanes) is 3. The van der Waals surface area contributed by atoms with Gasteiger partial charge in [-0.25, -0.2) is 0 Å². The lowest BCUT2D eigenvalue weighted by molar-refractivity contribution is 0.231. The molecule has 6 nitrogen and oxygen atoms in total. The zero-order valence-electron chi connectivity index (χ0n) is 14.3.